The highest BCUT2D eigenvalue weighted by atomic mass is 79.9. The lowest BCUT2D eigenvalue weighted by Gasteiger charge is -2.11. The van der Waals surface area contributed by atoms with Crippen LogP contribution in [0.2, 0.25) is 0 Å². The molecule has 122 valence electrons. The standard InChI is InChI=1S/C17H17BrFNO2S/c1-11-3-6-16(22-2)15(7-11)20-17(21)10-23-9-12-4-5-13(19)8-14(12)18/h3-8H,9-10H2,1-2H3,(H,20,21). The van der Waals surface area contributed by atoms with E-state index in [-0.39, 0.29) is 11.7 Å². The molecule has 0 saturated carbocycles. The second kappa shape index (κ2) is 8.36. The second-order valence-electron chi connectivity index (χ2n) is 4.98. The lowest BCUT2D eigenvalue weighted by Crippen LogP contribution is -2.15. The molecule has 0 bridgehead atoms. The van der Waals surface area contributed by atoms with Gasteiger partial charge in [0.05, 0.1) is 18.6 Å². The van der Waals surface area contributed by atoms with Gasteiger partial charge in [-0.25, -0.2) is 4.39 Å². The molecular formula is C17H17BrFNO2S. The molecule has 0 heterocycles. The number of amides is 1. The molecule has 0 aliphatic heterocycles. The molecular weight excluding hydrogens is 381 g/mol. The van der Waals surface area contributed by atoms with Gasteiger partial charge in [0, 0.05) is 10.2 Å². The minimum absolute atomic E-state index is 0.0999. The van der Waals surface area contributed by atoms with E-state index in [2.05, 4.69) is 21.2 Å². The van der Waals surface area contributed by atoms with Gasteiger partial charge < -0.3 is 10.1 Å². The van der Waals surface area contributed by atoms with Crippen molar-refractivity contribution >= 4 is 39.3 Å². The highest BCUT2D eigenvalue weighted by molar-refractivity contribution is 9.10. The Morgan fingerprint density at radius 1 is 1.30 bits per heavy atom. The number of thioether (sulfide) groups is 1. The van der Waals surface area contributed by atoms with E-state index in [0.29, 0.717) is 27.4 Å². The minimum atomic E-state index is -0.282. The number of benzene rings is 2. The van der Waals surface area contributed by atoms with Gasteiger partial charge in [0.15, 0.2) is 0 Å². The van der Waals surface area contributed by atoms with Crippen LogP contribution in [-0.2, 0) is 10.5 Å². The number of rotatable bonds is 6. The maximum atomic E-state index is 13.0. The normalized spacial score (nSPS) is 10.4. The van der Waals surface area contributed by atoms with E-state index < -0.39 is 0 Å². The van der Waals surface area contributed by atoms with Crippen molar-refractivity contribution in [1.82, 2.24) is 0 Å². The first kappa shape index (κ1) is 17.8. The van der Waals surface area contributed by atoms with Gasteiger partial charge in [0.25, 0.3) is 0 Å². The largest absolute Gasteiger partial charge is 0.495 e. The zero-order chi connectivity index (χ0) is 16.8. The summed E-state index contributed by atoms with van der Waals surface area (Å²) in [7, 11) is 1.57. The third-order valence-electron chi connectivity index (χ3n) is 3.13. The van der Waals surface area contributed by atoms with Gasteiger partial charge in [-0.1, -0.05) is 28.1 Å². The van der Waals surface area contributed by atoms with Crippen LogP contribution in [0.4, 0.5) is 10.1 Å². The van der Waals surface area contributed by atoms with Crippen LogP contribution >= 0.6 is 27.7 Å². The summed E-state index contributed by atoms with van der Waals surface area (Å²) in [5.74, 6) is 1.18. The summed E-state index contributed by atoms with van der Waals surface area (Å²) in [4.78, 5) is 12.1. The third kappa shape index (κ3) is 5.25. The fourth-order valence-electron chi connectivity index (χ4n) is 2.00. The Labute approximate surface area is 147 Å². The fourth-order valence-corrected chi connectivity index (χ4v) is 3.51. The molecule has 0 spiro atoms. The van der Waals surface area contributed by atoms with Crippen molar-refractivity contribution in [2.45, 2.75) is 12.7 Å². The predicted molar refractivity (Wildman–Crippen MR) is 96.6 cm³/mol. The third-order valence-corrected chi connectivity index (χ3v) is 4.85. The highest BCUT2D eigenvalue weighted by Gasteiger charge is 2.09. The summed E-state index contributed by atoms with van der Waals surface area (Å²) in [6.07, 6.45) is 0. The molecule has 23 heavy (non-hydrogen) atoms. The lowest BCUT2D eigenvalue weighted by atomic mass is 10.2. The number of hydrogen-bond acceptors (Lipinski definition) is 3. The quantitative estimate of drug-likeness (QED) is 0.762. The number of anilines is 1. The second-order valence-corrected chi connectivity index (χ2v) is 6.82. The molecule has 0 aliphatic carbocycles. The number of nitrogens with one attached hydrogen (secondary N) is 1. The van der Waals surface area contributed by atoms with E-state index in [9.17, 15) is 9.18 Å². The smallest absolute Gasteiger partial charge is 0.234 e. The van der Waals surface area contributed by atoms with Crippen molar-refractivity contribution < 1.29 is 13.9 Å². The number of aryl methyl sites for hydroxylation is 1. The molecule has 2 rings (SSSR count). The van der Waals surface area contributed by atoms with Gasteiger partial charge in [-0.2, -0.15) is 0 Å². The molecule has 2 aromatic rings. The first-order valence-corrected chi connectivity index (χ1v) is 8.90. The summed E-state index contributed by atoms with van der Waals surface area (Å²) in [6, 6.07) is 10.2. The Kier molecular flexibility index (Phi) is 6.47. The fraction of sp³-hybridized carbons (Fsp3) is 0.235. The van der Waals surface area contributed by atoms with Crippen LogP contribution in [0.3, 0.4) is 0 Å². The lowest BCUT2D eigenvalue weighted by molar-refractivity contribution is -0.113. The van der Waals surface area contributed by atoms with E-state index in [1.807, 2.05) is 25.1 Å². The van der Waals surface area contributed by atoms with E-state index in [1.54, 1.807) is 13.2 Å². The summed E-state index contributed by atoms with van der Waals surface area (Å²) < 4.78 is 19.0. The summed E-state index contributed by atoms with van der Waals surface area (Å²) in [5, 5.41) is 2.86. The SMILES string of the molecule is COc1ccc(C)cc1NC(=O)CSCc1ccc(F)cc1Br. The first-order chi connectivity index (χ1) is 11.0. The van der Waals surface area contributed by atoms with Gasteiger partial charge in [-0.15, -0.1) is 11.8 Å². The molecule has 1 N–H and O–H groups in total. The Morgan fingerprint density at radius 3 is 2.78 bits per heavy atom. The van der Waals surface area contributed by atoms with Crippen LogP contribution in [0.15, 0.2) is 40.9 Å². The van der Waals surface area contributed by atoms with E-state index in [4.69, 9.17) is 4.74 Å². The number of ether oxygens (including phenoxy) is 1. The number of halogens is 2. The molecule has 0 aromatic heterocycles. The highest BCUT2D eigenvalue weighted by Crippen LogP contribution is 2.26. The van der Waals surface area contributed by atoms with Gasteiger partial charge in [0.1, 0.15) is 11.6 Å². The molecule has 0 aliphatic rings. The number of carbonyl (C=O) groups excluding carboxylic acids is 1. The van der Waals surface area contributed by atoms with Gasteiger partial charge >= 0.3 is 0 Å². The van der Waals surface area contributed by atoms with Crippen molar-refractivity contribution in [3.63, 3.8) is 0 Å². The van der Waals surface area contributed by atoms with Crippen LogP contribution in [0, 0.1) is 12.7 Å². The summed E-state index contributed by atoms with van der Waals surface area (Å²) in [5.41, 5.74) is 2.67. The molecule has 0 atom stereocenters. The first-order valence-electron chi connectivity index (χ1n) is 6.95. The van der Waals surface area contributed by atoms with Crippen LogP contribution < -0.4 is 10.1 Å². The van der Waals surface area contributed by atoms with Crippen LogP contribution in [0.25, 0.3) is 0 Å². The predicted octanol–water partition coefficient (Wildman–Crippen LogP) is 4.78. The molecule has 2 aromatic carbocycles. The zero-order valence-electron chi connectivity index (χ0n) is 12.9. The Morgan fingerprint density at radius 2 is 2.09 bits per heavy atom. The average Bonchev–Trinajstić information content (AvgIpc) is 2.50. The van der Waals surface area contributed by atoms with E-state index >= 15 is 0 Å². The van der Waals surface area contributed by atoms with Crippen LogP contribution in [-0.4, -0.2) is 18.8 Å². The van der Waals surface area contributed by atoms with Crippen LogP contribution in [0.1, 0.15) is 11.1 Å². The van der Waals surface area contributed by atoms with E-state index in [1.165, 1.54) is 23.9 Å². The Balaban J connectivity index is 1.89. The molecule has 0 fully saturated rings. The maximum absolute atomic E-state index is 13.0. The zero-order valence-corrected chi connectivity index (χ0v) is 15.3. The molecule has 0 radical (unpaired) electrons. The van der Waals surface area contributed by atoms with Crippen molar-refractivity contribution in [1.29, 1.82) is 0 Å². The number of hydrogen-bond donors (Lipinski definition) is 1. The van der Waals surface area contributed by atoms with Crippen molar-refractivity contribution in [3.05, 3.63) is 57.8 Å². The molecule has 3 nitrogen and oxygen atoms in total. The summed E-state index contributed by atoms with van der Waals surface area (Å²) >= 11 is 4.79. The monoisotopic (exact) mass is 397 g/mol. The average molecular weight is 398 g/mol. The van der Waals surface area contributed by atoms with Crippen LogP contribution in [0.5, 0.6) is 5.75 Å². The topological polar surface area (TPSA) is 38.3 Å². The number of carbonyl (C=O) groups is 1. The minimum Gasteiger partial charge on any atom is -0.495 e. The summed E-state index contributed by atoms with van der Waals surface area (Å²) in [6.45, 7) is 1.95. The molecule has 0 saturated heterocycles. The van der Waals surface area contributed by atoms with Crippen molar-refractivity contribution in [2.24, 2.45) is 0 Å². The van der Waals surface area contributed by atoms with Crippen molar-refractivity contribution in [2.75, 3.05) is 18.2 Å². The van der Waals surface area contributed by atoms with Crippen molar-refractivity contribution in [3.8, 4) is 5.75 Å². The molecule has 0 unspecified atom stereocenters. The molecule has 6 heteroatoms. The molecule has 1 amide bonds. The number of methoxy groups -OCH3 is 1. The Bertz CT molecular complexity index is 709. The van der Waals surface area contributed by atoms with Gasteiger partial charge in [-0.05, 0) is 42.3 Å². The maximum Gasteiger partial charge on any atom is 0.234 e. The van der Waals surface area contributed by atoms with Gasteiger partial charge in [0.2, 0.25) is 5.91 Å². The Hall–Kier alpha value is -1.53. The van der Waals surface area contributed by atoms with Gasteiger partial charge in [-0.3, -0.25) is 4.79 Å². The van der Waals surface area contributed by atoms with E-state index in [0.717, 1.165) is 11.1 Å².